The number of nitrogens with one attached hydrogen (secondary N) is 1. The molecule has 0 saturated carbocycles. The van der Waals surface area contributed by atoms with Crippen molar-refractivity contribution < 1.29 is 14.7 Å². The molecule has 0 aliphatic carbocycles. The predicted octanol–water partition coefficient (Wildman–Crippen LogP) is -1.41. The second-order valence-electron chi connectivity index (χ2n) is 4.16. The molecule has 21 heavy (non-hydrogen) atoms. The molecule has 1 aromatic rings. The maximum absolute atomic E-state index is 12.0. The van der Waals surface area contributed by atoms with Crippen molar-refractivity contribution in [2.75, 3.05) is 11.4 Å². The van der Waals surface area contributed by atoms with Crippen LogP contribution in [0.25, 0.3) is 0 Å². The van der Waals surface area contributed by atoms with E-state index in [0.717, 1.165) is 4.90 Å². The van der Waals surface area contributed by atoms with E-state index in [9.17, 15) is 14.7 Å². The molecule has 0 spiro atoms. The Bertz CT molecular complexity index is 609. The molecule has 1 atom stereocenters. The molecule has 9 heteroatoms. The van der Waals surface area contributed by atoms with Crippen LogP contribution < -0.4 is 21.8 Å². The largest absolute Gasteiger partial charge is 0.479 e. The lowest BCUT2D eigenvalue weighted by atomic mass is 9.94. The van der Waals surface area contributed by atoms with Crippen molar-refractivity contribution in [3.8, 4) is 0 Å². The van der Waals surface area contributed by atoms with Gasteiger partial charge in [-0.1, -0.05) is 12.1 Å². The number of hydrogen-bond donors (Lipinski definition) is 4. The standard InChI is InChI=1S/C12H14N6O3/c13-12(14)17-16-6-4-7-9(11(20)21)18(10(7)19)8-3-1-2-5-15-8/h1-5,9,16H,6H2,(H,20,21)(H4,13,14,17)/t9-/m0/s1. The van der Waals surface area contributed by atoms with E-state index in [0.29, 0.717) is 5.82 Å². The van der Waals surface area contributed by atoms with Crippen LogP contribution in [0, 0.1) is 0 Å². The fraction of sp³-hybridized carbons (Fsp3) is 0.167. The van der Waals surface area contributed by atoms with Crippen molar-refractivity contribution in [2.24, 2.45) is 16.6 Å². The average Bonchev–Trinajstić information content (AvgIpc) is 2.44. The van der Waals surface area contributed by atoms with Gasteiger partial charge in [0.1, 0.15) is 5.82 Å². The van der Waals surface area contributed by atoms with Crippen molar-refractivity contribution in [3.63, 3.8) is 0 Å². The lowest BCUT2D eigenvalue weighted by Gasteiger charge is -2.38. The van der Waals surface area contributed by atoms with E-state index < -0.39 is 17.9 Å². The summed E-state index contributed by atoms with van der Waals surface area (Å²) in [5, 5.41) is 12.8. The maximum atomic E-state index is 12.0. The molecule has 0 radical (unpaired) electrons. The number of carbonyl (C=O) groups is 2. The van der Waals surface area contributed by atoms with E-state index in [4.69, 9.17) is 11.5 Å². The van der Waals surface area contributed by atoms with Gasteiger partial charge in [0.15, 0.2) is 6.04 Å². The summed E-state index contributed by atoms with van der Waals surface area (Å²) in [4.78, 5) is 28.5. The number of rotatable bonds is 5. The third kappa shape index (κ3) is 2.91. The molecule has 110 valence electrons. The Morgan fingerprint density at radius 1 is 1.52 bits per heavy atom. The highest BCUT2D eigenvalue weighted by Crippen LogP contribution is 2.30. The van der Waals surface area contributed by atoms with Crippen LogP contribution in [0.3, 0.4) is 0 Å². The number of amides is 1. The van der Waals surface area contributed by atoms with Gasteiger partial charge < -0.3 is 22.0 Å². The zero-order valence-electron chi connectivity index (χ0n) is 10.9. The number of aromatic nitrogens is 1. The number of carboxylic acid groups (broad SMARTS) is 1. The molecule has 0 bridgehead atoms. The second kappa shape index (κ2) is 5.90. The number of guanidine groups is 1. The van der Waals surface area contributed by atoms with E-state index in [1.165, 1.54) is 12.3 Å². The average molecular weight is 290 g/mol. The van der Waals surface area contributed by atoms with E-state index in [-0.39, 0.29) is 18.1 Å². The second-order valence-corrected chi connectivity index (χ2v) is 4.16. The predicted molar refractivity (Wildman–Crippen MR) is 75.0 cm³/mol. The Morgan fingerprint density at radius 3 is 2.86 bits per heavy atom. The Balaban J connectivity index is 2.14. The Hall–Kier alpha value is -3.10. The summed E-state index contributed by atoms with van der Waals surface area (Å²) in [7, 11) is 0. The number of anilines is 1. The summed E-state index contributed by atoms with van der Waals surface area (Å²) >= 11 is 0. The van der Waals surface area contributed by atoms with Gasteiger partial charge in [-0.2, -0.15) is 0 Å². The van der Waals surface area contributed by atoms with Crippen molar-refractivity contribution >= 4 is 23.7 Å². The van der Waals surface area contributed by atoms with Crippen molar-refractivity contribution in [2.45, 2.75) is 6.04 Å². The smallest absolute Gasteiger partial charge is 0.331 e. The van der Waals surface area contributed by atoms with Crippen LogP contribution in [0.15, 0.2) is 41.1 Å². The minimum Gasteiger partial charge on any atom is -0.479 e. The fourth-order valence-electron chi connectivity index (χ4n) is 1.91. The minimum atomic E-state index is -1.13. The lowest BCUT2D eigenvalue weighted by Crippen LogP contribution is -2.59. The highest BCUT2D eigenvalue weighted by atomic mass is 16.4. The van der Waals surface area contributed by atoms with Gasteiger partial charge in [-0.15, -0.1) is 5.10 Å². The van der Waals surface area contributed by atoms with Crippen LogP contribution >= 0.6 is 0 Å². The quantitative estimate of drug-likeness (QED) is 0.130. The van der Waals surface area contributed by atoms with Gasteiger partial charge in [0, 0.05) is 11.8 Å². The monoisotopic (exact) mass is 290 g/mol. The molecule has 1 fully saturated rings. The first-order valence-corrected chi connectivity index (χ1v) is 6.01. The molecule has 1 aliphatic heterocycles. The van der Waals surface area contributed by atoms with Crippen LogP contribution in [0.5, 0.6) is 0 Å². The van der Waals surface area contributed by atoms with E-state index >= 15 is 0 Å². The Morgan fingerprint density at radius 2 is 2.29 bits per heavy atom. The summed E-state index contributed by atoms with van der Waals surface area (Å²) in [5.74, 6) is -1.40. The number of β-lactam (4-membered cyclic amide) rings is 1. The van der Waals surface area contributed by atoms with Gasteiger partial charge in [0.05, 0.1) is 6.54 Å². The number of hydrogen-bond acceptors (Lipinski definition) is 5. The van der Waals surface area contributed by atoms with Gasteiger partial charge in [0.25, 0.3) is 5.91 Å². The molecule has 1 amide bonds. The number of pyridine rings is 1. The molecule has 1 saturated heterocycles. The van der Waals surface area contributed by atoms with Gasteiger partial charge in [-0.3, -0.25) is 9.69 Å². The highest BCUT2D eigenvalue weighted by Gasteiger charge is 2.48. The van der Waals surface area contributed by atoms with Crippen molar-refractivity contribution in [1.29, 1.82) is 0 Å². The number of carbonyl (C=O) groups excluding carboxylic acids is 1. The molecule has 0 unspecified atom stereocenters. The number of hydrazone groups is 1. The van der Waals surface area contributed by atoms with E-state index in [1.54, 1.807) is 18.2 Å². The van der Waals surface area contributed by atoms with Crippen LogP contribution in [0.1, 0.15) is 0 Å². The third-order valence-electron chi connectivity index (χ3n) is 2.77. The Labute approximate surface area is 119 Å². The molecule has 2 rings (SSSR count). The SMILES string of the molecule is NC(N)=NNCC=C1C(=O)N(c2ccccn2)[C@@H]1C(=O)O. The molecule has 1 aromatic heterocycles. The molecule has 1 aliphatic rings. The highest BCUT2D eigenvalue weighted by molar-refractivity contribution is 6.21. The number of nitrogens with zero attached hydrogens (tertiary/aromatic N) is 3. The molecule has 0 aromatic carbocycles. The van der Waals surface area contributed by atoms with E-state index in [2.05, 4.69) is 15.5 Å². The first-order valence-electron chi connectivity index (χ1n) is 6.01. The van der Waals surface area contributed by atoms with E-state index in [1.807, 2.05) is 0 Å². The summed E-state index contributed by atoms with van der Waals surface area (Å²) < 4.78 is 0. The molecule has 9 nitrogen and oxygen atoms in total. The molecular weight excluding hydrogens is 276 g/mol. The maximum Gasteiger partial charge on any atom is 0.331 e. The number of aliphatic carboxylic acids is 1. The minimum absolute atomic E-state index is 0.138. The fourth-order valence-corrected chi connectivity index (χ4v) is 1.91. The summed E-state index contributed by atoms with van der Waals surface area (Å²) in [6.07, 6.45) is 2.93. The van der Waals surface area contributed by atoms with Crippen LogP contribution in [0.4, 0.5) is 5.82 Å². The third-order valence-corrected chi connectivity index (χ3v) is 2.77. The summed E-state index contributed by atoms with van der Waals surface area (Å²) in [6.45, 7) is 0.138. The summed E-state index contributed by atoms with van der Waals surface area (Å²) in [6, 6.07) is 3.87. The van der Waals surface area contributed by atoms with Crippen LogP contribution in [-0.2, 0) is 9.59 Å². The molecule has 2 heterocycles. The topological polar surface area (TPSA) is 147 Å². The zero-order chi connectivity index (χ0) is 15.4. The first kappa shape index (κ1) is 14.3. The van der Waals surface area contributed by atoms with Crippen LogP contribution in [-0.4, -0.2) is 40.5 Å². The summed E-state index contributed by atoms with van der Waals surface area (Å²) in [5.41, 5.74) is 12.9. The van der Waals surface area contributed by atoms with Crippen molar-refractivity contribution in [1.82, 2.24) is 10.4 Å². The lowest BCUT2D eigenvalue weighted by molar-refractivity contribution is -0.141. The number of nitrogens with two attached hydrogens (primary N) is 2. The molecular formula is C12H14N6O3. The molecule has 6 N–H and O–H groups in total. The normalized spacial score (nSPS) is 19.0. The van der Waals surface area contributed by atoms with Crippen molar-refractivity contribution in [3.05, 3.63) is 36.0 Å². The van der Waals surface area contributed by atoms with Gasteiger partial charge in [-0.05, 0) is 12.1 Å². The first-order chi connectivity index (χ1) is 10.0. The Kier molecular flexibility index (Phi) is 4.02. The van der Waals surface area contributed by atoms with Gasteiger partial charge in [0.2, 0.25) is 5.96 Å². The zero-order valence-corrected chi connectivity index (χ0v) is 10.9. The van der Waals surface area contributed by atoms with Gasteiger partial charge in [-0.25, -0.2) is 9.78 Å². The van der Waals surface area contributed by atoms with Gasteiger partial charge >= 0.3 is 5.97 Å². The number of carboxylic acids is 1. The van der Waals surface area contributed by atoms with Crippen LogP contribution in [0.2, 0.25) is 0 Å².